The van der Waals surface area contributed by atoms with Crippen molar-refractivity contribution in [2.75, 3.05) is 27.7 Å². The number of carboxylic acid groups (broad SMARTS) is 2. The van der Waals surface area contributed by atoms with Crippen LogP contribution in [0.2, 0.25) is 0 Å². The zero-order valence-electron chi connectivity index (χ0n) is 11.2. The molecule has 1 atom stereocenters. The molecule has 0 heterocycles. The Morgan fingerprint density at radius 3 is 1.72 bits per heavy atom. The molecule has 0 saturated heterocycles. The van der Waals surface area contributed by atoms with E-state index < -0.39 is 23.8 Å². The number of carboxylic acids is 2. The van der Waals surface area contributed by atoms with Crippen molar-refractivity contribution in [2.24, 2.45) is 0 Å². The number of aliphatic hydroxyl groups excluding tert-OH is 1. The molecule has 0 aliphatic heterocycles. The van der Waals surface area contributed by atoms with Crippen molar-refractivity contribution < 1.29 is 53.7 Å². The Hall–Kier alpha value is -0.847. The van der Waals surface area contributed by atoms with E-state index in [1.165, 1.54) is 0 Å². The molecule has 18 heavy (non-hydrogen) atoms. The molecule has 0 aliphatic rings. The van der Waals surface area contributed by atoms with Gasteiger partial charge >= 0.3 is 5.97 Å². The van der Waals surface area contributed by atoms with Crippen LogP contribution in [0.25, 0.3) is 0 Å². The number of nitrogens with zero attached hydrogens (tertiary/aromatic N) is 1. The van der Waals surface area contributed by atoms with E-state index in [1.54, 1.807) is 0 Å². The van der Waals surface area contributed by atoms with Crippen molar-refractivity contribution in [1.82, 2.24) is 0 Å². The van der Waals surface area contributed by atoms with Gasteiger partial charge in [0.1, 0.15) is 12.6 Å². The van der Waals surface area contributed by atoms with Crippen molar-refractivity contribution in [3.8, 4) is 0 Å². The second kappa shape index (κ2) is 10.1. The minimum atomic E-state index is -1.38. The Kier molecular flexibility index (Phi) is 12.6. The monoisotopic (exact) mass is 313 g/mol. The third-order valence-corrected chi connectivity index (χ3v) is 1.46. The van der Waals surface area contributed by atoms with Gasteiger partial charge in [-0.1, -0.05) is 0 Å². The number of aliphatic carboxylic acids is 2. The van der Waals surface area contributed by atoms with Crippen LogP contribution in [0, 0.1) is 0 Å². The molecule has 0 aromatic heterocycles. The number of likely N-dealkylation sites (N-methyl/N-ethyl adjacent to an activating group) is 1. The van der Waals surface area contributed by atoms with Crippen LogP contribution in [0.1, 0.15) is 13.3 Å². The number of ketones is 1. The average Bonchev–Trinajstić information content (AvgIpc) is 1.98. The first-order chi connectivity index (χ1) is 7.45. The van der Waals surface area contributed by atoms with E-state index in [1.807, 2.05) is 21.1 Å². The Balaban J connectivity index is -0.000000277. The molecular formula is C10H19NO6Zn. The normalized spacial score (nSPS) is 11.4. The van der Waals surface area contributed by atoms with Gasteiger partial charge in [0.05, 0.1) is 21.1 Å². The van der Waals surface area contributed by atoms with Gasteiger partial charge in [-0.2, -0.15) is 0 Å². The summed E-state index contributed by atoms with van der Waals surface area (Å²) < 4.78 is 0.550. The Morgan fingerprint density at radius 1 is 1.22 bits per heavy atom. The second-order valence-electron chi connectivity index (χ2n) is 4.56. The maximum Gasteiger partial charge on any atom is 0.371 e. The quantitative estimate of drug-likeness (QED) is 0.340. The third-order valence-electron chi connectivity index (χ3n) is 1.46. The average molecular weight is 315 g/mol. The van der Waals surface area contributed by atoms with Gasteiger partial charge < -0.3 is 24.6 Å². The molecule has 0 aliphatic carbocycles. The molecule has 7 nitrogen and oxygen atoms in total. The molecule has 1 unspecified atom stereocenters. The molecule has 0 spiro atoms. The second-order valence-corrected chi connectivity index (χ2v) is 4.56. The molecule has 102 valence electrons. The predicted octanol–water partition coefficient (Wildman–Crippen LogP) is -2.15. The van der Waals surface area contributed by atoms with Gasteiger partial charge in [-0.05, 0) is 0 Å². The summed E-state index contributed by atoms with van der Waals surface area (Å²) in [5.41, 5.74) is 0. The first-order valence-corrected chi connectivity index (χ1v) is 4.88. The van der Waals surface area contributed by atoms with Crippen molar-refractivity contribution in [3.05, 3.63) is 0 Å². The Labute approximate surface area is 119 Å². The first kappa shape index (κ1) is 22.3. The summed E-state index contributed by atoms with van der Waals surface area (Å²) in [4.78, 5) is 28.9. The predicted molar refractivity (Wildman–Crippen MR) is 56.8 cm³/mol. The summed E-state index contributed by atoms with van der Waals surface area (Å²) >= 11 is 0. The van der Waals surface area contributed by atoms with Gasteiger partial charge in [0.15, 0.2) is 0 Å². The zero-order valence-corrected chi connectivity index (χ0v) is 14.1. The molecule has 0 aromatic carbocycles. The molecule has 0 radical (unpaired) electrons. The van der Waals surface area contributed by atoms with Crippen molar-refractivity contribution in [2.45, 2.75) is 19.4 Å². The smallest absolute Gasteiger partial charge is 0.371 e. The van der Waals surface area contributed by atoms with E-state index in [2.05, 4.69) is 0 Å². The molecule has 0 aromatic rings. The molecular weight excluding hydrogens is 296 g/mol. The SMILES string of the molecule is CC(=O)C(=O)O.C[N+](C)(C)CC(O)CC(=O)[O-].[Zn]. The fourth-order valence-corrected chi connectivity index (χ4v) is 0.889. The van der Waals surface area contributed by atoms with Crippen LogP contribution in [0.3, 0.4) is 0 Å². The van der Waals surface area contributed by atoms with Crippen LogP contribution >= 0.6 is 0 Å². The summed E-state index contributed by atoms with van der Waals surface area (Å²) in [5, 5.41) is 26.8. The maximum absolute atomic E-state index is 10.0. The minimum absolute atomic E-state index is 0. The number of hydrogen-bond acceptors (Lipinski definition) is 5. The summed E-state index contributed by atoms with van der Waals surface area (Å²) in [6.07, 6.45) is -1.09. The van der Waals surface area contributed by atoms with E-state index in [9.17, 15) is 19.5 Å². The number of carbonyl (C=O) groups is 3. The summed E-state index contributed by atoms with van der Waals surface area (Å²) in [5.74, 6) is -3.41. The first-order valence-electron chi connectivity index (χ1n) is 4.88. The van der Waals surface area contributed by atoms with Gasteiger partial charge in [-0.15, -0.1) is 0 Å². The largest absolute Gasteiger partial charge is 0.550 e. The van der Waals surface area contributed by atoms with Crippen LogP contribution in [0.5, 0.6) is 0 Å². The minimum Gasteiger partial charge on any atom is -0.550 e. The molecule has 0 fully saturated rings. The molecule has 2 N–H and O–H groups in total. The van der Waals surface area contributed by atoms with Gasteiger partial charge in [0, 0.05) is 38.8 Å². The van der Waals surface area contributed by atoms with E-state index in [0.717, 1.165) is 6.92 Å². The molecule has 0 saturated carbocycles. The topological polar surface area (TPSA) is 115 Å². The fourth-order valence-electron chi connectivity index (χ4n) is 0.889. The molecule has 0 amide bonds. The number of hydrogen-bond donors (Lipinski definition) is 2. The third kappa shape index (κ3) is 20.6. The summed E-state index contributed by atoms with van der Waals surface area (Å²) in [6.45, 7) is 1.43. The molecule has 0 rings (SSSR count). The number of quaternary nitrogens is 1. The van der Waals surface area contributed by atoms with Gasteiger partial charge in [0.2, 0.25) is 5.78 Å². The zero-order chi connectivity index (χ0) is 14.2. The van der Waals surface area contributed by atoms with E-state index >= 15 is 0 Å². The Morgan fingerprint density at radius 2 is 1.56 bits per heavy atom. The molecule has 0 bridgehead atoms. The van der Waals surface area contributed by atoms with Gasteiger partial charge in [-0.25, -0.2) is 4.79 Å². The van der Waals surface area contributed by atoms with Crippen LogP contribution in [-0.2, 0) is 33.9 Å². The number of aliphatic hydroxyl groups is 1. The number of carbonyl (C=O) groups excluding carboxylic acids is 2. The molecule has 8 heteroatoms. The van der Waals surface area contributed by atoms with Crippen LogP contribution in [-0.4, -0.2) is 66.2 Å². The number of Topliss-reactive ketones (excluding diaryl/α,β-unsaturated/α-hetero) is 1. The Bertz CT molecular complexity index is 275. The van der Waals surface area contributed by atoms with Crippen molar-refractivity contribution in [3.63, 3.8) is 0 Å². The van der Waals surface area contributed by atoms with E-state index in [4.69, 9.17) is 10.2 Å². The van der Waals surface area contributed by atoms with Gasteiger partial charge in [0.25, 0.3) is 0 Å². The summed E-state index contributed by atoms with van der Waals surface area (Å²) in [6, 6.07) is 0. The van der Waals surface area contributed by atoms with Crippen LogP contribution in [0.15, 0.2) is 0 Å². The van der Waals surface area contributed by atoms with Crippen LogP contribution in [0.4, 0.5) is 0 Å². The van der Waals surface area contributed by atoms with E-state index in [0.29, 0.717) is 11.0 Å². The van der Waals surface area contributed by atoms with Gasteiger partial charge in [-0.3, -0.25) is 4.79 Å². The van der Waals surface area contributed by atoms with E-state index in [-0.39, 0.29) is 25.9 Å². The number of rotatable bonds is 5. The summed E-state index contributed by atoms with van der Waals surface area (Å²) in [7, 11) is 5.66. The fraction of sp³-hybridized carbons (Fsp3) is 0.700. The van der Waals surface area contributed by atoms with Crippen molar-refractivity contribution in [1.29, 1.82) is 0 Å². The van der Waals surface area contributed by atoms with Crippen molar-refractivity contribution >= 4 is 17.7 Å². The van der Waals surface area contributed by atoms with Crippen LogP contribution < -0.4 is 5.11 Å². The standard InChI is InChI=1S/C7H15NO3.C3H4O3.Zn/c1-8(2,3)5-6(9)4-7(10)11;1-2(4)3(5)6;/h6,9H,4-5H2,1-3H3;1H3,(H,5,6);. The maximum atomic E-state index is 10.0.